The average Bonchev–Trinajstić information content (AvgIpc) is 2.81. The van der Waals surface area contributed by atoms with Gasteiger partial charge in [0.2, 0.25) is 0 Å². The Morgan fingerprint density at radius 1 is 1.42 bits per heavy atom. The third kappa shape index (κ3) is 2.45. The van der Waals surface area contributed by atoms with Crippen LogP contribution in [0.25, 0.3) is 0 Å². The fraction of sp³-hybridized carbons (Fsp3) is 0.438. The maximum absolute atomic E-state index is 4.39. The van der Waals surface area contributed by atoms with Crippen molar-refractivity contribution >= 4 is 11.3 Å². The van der Waals surface area contributed by atoms with Crippen LogP contribution >= 0.6 is 11.3 Å². The van der Waals surface area contributed by atoms with Crippen LogP contribution in [0.4, 0.5) is 0 Å². The summed E-state index contributed by atoms with van der Waals surface area (Å²) < 4.78 is 0. The van der Waals surface area contributed by atoms with Crippen LogP contribution in [0.1, 0.15) is 47.0 Å². The maximum Gasteiger partial charge on any atom is 0.0798 e. The highest BCUT2D eigenvalue weighted by Crippen LogP contribution is 2.41. The second-order valence-corrected chi connectivity index (χ2v) is 6.13. The number of hydrogen-bond donors (Lipinski definition) is 1. The molecule has 0 aliphatic heterocycles. The van der Waals surface area contributed by atoms with Crippen molar-refractivity contribution in [2.24, 2.45) is 0 Å². The lowest BCUT2D eigenvalue weighted by molar-refractivity contribution is 0.439. The minimum atomic E-state index is 0.454. The molecule has 1 heterocycles. The van der Waals surface area contributed by atoms with Gasteiger partial charge in [-0.2, -0.15) is 0 Å². The summed E-state index contributed by atoms with van der Waals surface area (Å²) in [6.07, 6.45) is 2.42. The monoisotopic (exact) mass is 272 g/mol. The van der Waals surface area contributed by atoms with E-state index in [0.29, 0.717) is 12.0 Å². The fourth-order valence-corrected chi connectivity index (χ4v) is 3.92. The lowest BCUT2D eigenvalue weighted by Crippen LogP contribution is -2.27. The standard InChI is InChI=1S/C16H20N2S/c1-3-17-15(16-11(2)18-10-19-16)9-13-8-12-6-4-5-7-14(12)13/h4-7,10,13,15,17H,3,8-9H2,1-2H3. The highest BCUT2D eigenvalue weighted by Gasteiger charge is 2.29. The van der Waals surface area contributed by atoms with Gasteiger partial charge in [-0.15, -0.1) is 11.3 Å². The number of rotatable bonds is 5. The zero-order valence-corrected chi connectivity index (χ0v) is 12.3. The molecule has 1 aliphatic rings. The van der Waals surface area contributed by atoms with E-state index in [9.17, 15) is 0 Å². The average molecular weight is 272 g/mol. The smallest absolute Gasteiger partial charge is 0.0798 e. The first-order valence-corrected chi connectivity index (χ1v) is 7.88. The molecule has 2 nitrogen and oxygen atoms in total. The molecular formula is C16H20N2S. The molecule has 19 heavy (non-hydrogen) atoms. The van der Waals surface area contributed by atoms with Gasteiger partial charge in [0, 0.05) is 10.9 Å². The zero-order valence-electron chi connectivity index (χ0n) is 11.5. The van der Waals surface area contributed by atoms with Crippen molar-refractivity contribution < 1.29 is 0 Å². The Morgan fingerprint density at radius 2 is 2.26 bits per heavy atom. The first-order chi connectivity index (χ1) is 9.29. The van der Waals surface area contributed by atoms with E-state index in [4.69, 9.17) is 0 Å². The third-order valence-corrected chi connectivity index (χ3v) is 5.08. The number of fused-ring (bicyclic) bond motifs is 1. The summed E-state index contributed by atoms with van der Waals surface area (Å²) in [6.45, 7) is 5.30. The molecule has 1 aliphatic carbocycles. The van der Waals surface area contributed by atoms with Crippen molar-refractivity contribution in [1.29, 1.82) is 0 Å². The second kappa shape index (κ2) is 5.43. The molecule has 100 valence electrons. The lowest BCUT2D eigenvalue weighted by Gasteiger charge is -2.33. The summed E-state index contributed by atoms with van der Waals surface area (Å²) in [4.78, 5) is 5.80. The summed E-state index contributed by atoms with van der Waals surface area (Å²) >= 11 is 1.78. The Labute approximate surface area is 118 Å². The van der Waals surface area contributed by atoms with Gasteiger partial charge in [0.05, 0.1) is 11.2 Å². The van der Waals surface area contributed by atoms with E-state index in [1.165, 1.54) is 29.0 Å². The van der Waals surface area contributed by atoms with Crippen molar-refractivity contribution in [3.8, 4) is 0 Å². The van der Waals surface area contributed by atoms with Crippen molar-refractivity contribution in [3.63, 3.8) is 0 Å². The molecule has 2 unspecified atom stereocenters. The van der Waals surface area contributed by atoms with Crippen LogP contribution in [0, 0.1) is 6.92 Å². The minimum Gasteiger partial charge on any atom is -0.309 e. The van der Waals surface area contributed by atoms with E-state index < -0.39 is 0 Å². The summed E-state index contributed by atoms with van der Waals surface area (Å²) in [7, 11) is 0. The van der Waals surface area contributed by atoms with E-state index >= 15 is 0 Å². The molecule has 1 aromatic carbocycles. The van der Waals surface area contributed by atoms with Gasteiger partial charge in [0.15, 0.2) is 0 Å². The molecule has 0 radical (unpaired) electrons. The molecule has 0 spiro atoms. The Balaban J connectivity index is 1.76. The van der Waals surface area contributed by atoms with Crippen molar-refractivity contribution in [2.75, 3.05) is 6.54 Å². The molecule has 2 aromatic rings. The van der Waals surface area contributed by atoms with Gasteiger partial charge in [-0.25, -0.2) is 4.98 Å². The number of benzene rings is 1. The Hall–Kier alpha value is -1.19. The predicted octanol–water partition coefficient (Wildman–Crippen LogP) is 3.83. The molecule has 0 saturated heterocycles. The number of thiazole rings is 1. The fourth-order valence-electron chi connectivity index (χ4n) is 3.03. The first kappa shape index (κ1) is 12.8. The van der Waals surface area contributed by atoms with Crippen LogP contribution < -0.4 is 5.32 Å². The Kier molecular flexibility index (Phi) is 3.67. The second-order valence-electron chi connectivity index (χ2n) is 5.25. The molecule has 0 amide bonds. The number of aryl methyl sites for hydroxylation is 1. The van der Waals surface area contributed by atoms with Gasteiger partial charge in [-0.05, 0) is 43.4 Å². The van der Waals surface area contributed by atoms with Crippen LogP contribution in [0.2, 0.25) is 0 Å². The molecule has 0 bridgehead atoms. The molecular weight excluding hydrogens is 252 g/mol. The molecule has 0 saturated carbocycles. The van der Waals surface area contributed by atoms with Crippen LogP contribution in [0.5, 0.6) is 0 Å². The van der Waals surface area contributed by atoms with Gasteiger partial charge < -0.3 is 5.32 Å². The number of aromatic nitrogens is 1. The lowest BCUT2D eigenvalue weighted by atomic mass is 9.74. The highest BCUT2D eigenvalue weighted by atomic mass is 32.1. The highest BCUT2D eigenvalue weighted by molar-refractivity contribution is 7.09. The largest absolute Gasteiger partial charge is 0.309 e. The number of nitrogens with one attached hydrogen (secondary N) is 1. The molecule has 1 N–H and O–H groups in total. The van der Waals surface area contributed by atoms with Gasteiger partial charge in [0.1, 0.15) is 0 Å². The molecule has 0 fully saturated rings. The van der Waals surface area contributed by atoms with Gasteiger partial charge >= 0.3 is 0 Å². The SMILES string of the molecule is CCNC(CC1Cc2ccccc21)c1scnc1C. The van der Waals surface area contributed by atoms with Crippen molar-refractivity contribution in [2.45, 2.75) is 38.6 Å². The minimum absolute atomic E-state index is 0.454. The number of nitrogens with zero attached hydrogens (tertiary/aromatic N) is 1. The first-order valence-electron chi connectivity index (χ1n) is 7.00. The van der Waals surface area contributed by atoms with Crippen molar-refractivity contribution in [3.05, 3.63) is 51.5 Å². The van der Waals surface area contributed by atoms with E-state index in [2.05, 4.69) is 48.4 Å². The zero-order chi connectivity index (χ0) is 13.2. The Bertz CT molecular complexity index is 561. The van der Waals surface area contributed by atoms with Crippen LogP contribution in [-0.2, 0) is 6.42 Å². The number of hydrogen-bond acceptors (Lipinski definition) is 3. The van der Waals surface area contributed by atoms with E-state index in [0.717, 1.165) is 6.54 Å². The molecule has 1 aromatic heterocycles. The van der Waals surface area contributed by atoms with Gasteiger partial charge in [0.25, 0.3) is 0 Å². The summed E-state index contributed by atoms with van der Waals surface area (Å²) in [5.41, 5.74) is 6.23. The Morgan fingerprint density at radius 3 is 2.95 bits per heavy atom. The van der Waals surface area contributed by atoms with Crippen LogP contribution in [0.3, 0.4) is 0 Å². The summed E-state index contributed by atoms with van der Waals surface area (Å²) in [6, 6.07) is 9.30. The van der Waals surface area contributed by atoms with Gasteiger partial charge in [-0.1, -0.05) is 31.2 Å². The van der Waals surface area contributed by atoms with E-state index in [-0.39, 0.29) is 0 Å². The van der Waals surface area contributed by atoms with Gasteiger partial charge in [-0.3, -0.25) is 0 Å². The molecule has 3 rings (SSSR count). The van der Waals surface area contributed by atoms with E-state index in [1.807, 2.05) is 5.51 Å². The topological polar surface area (TPSA) is 24.9 Å². The van der Waals surface area contributed by atoms with Crippen molar-refractivity contribution in [1.82, 2.24) is 10.3 Å². The summed E-state index contributed by atoms with van der Waals surface area (Å²) in [5, 5.41) is 3.63. The molecule has 2 atom stereocenters. The van der Waals surface area contributed by atoms with Crippen LogP contribution in [-0.4, -0.2) is 11.5 Å². The molecule has 3 heteroatoms. The quantitative estimate of drug-likeness (QED) is 0.894. The van der Waals surface area contributed by atoms with Crippen LogP contribution in [0.15, 0.2) is 29.8 Å². The van der Waals surface area contributed by atoms with E-state index in [1.54, 1.807) is 16.9 Å². The normalized spacial score (nSPS) is 18.7. The summed E-state index contributed by atoms with van der Waals surface area (Å²) in [5.74, 6) is 0.710. The predicted molar refractivity (Wildman–Crippen MR) is 80.8 cm³/mol. The third-order valence-electron chi connectivity index (χ3n) is 4.03. The maximum atomic E-state index is 4.39.